The fourth-order valence-electron chi connectivity index (χ4n) is 2.10. The zero-order valence-electron chi connectivity index (χ0n) is 12.9. The maximum absolute atomic E-state index is 5.85. The number of fused-ring (bicyclic) bond motifs is 1. The third kappa shape index (κ3) is 6.19. The van der Waals surface area contributed by atoms with Crippen molar-refractivity contribution in [3.05, 3.63) is 48.0 Å². The fraction of sp³-hybridized carbons (Fsp3) is 0.353. The van der Waals surface area contributed by atoms with Crippen molar-refractivity contribution in [2.24, 2.45) is 10.7 Å². The van der Waals surface area contributed by atoms with Gasteiger partial charge in [0.25, 0.3) is 0 Å². The maximum atomic E-state index is 5.85. The van der Waals surface area contributed by atoms with Crippen LogP contribution in [0.25, 0.3) is 10.8 Å². The Morgan fingerprint density at radius 2 is 1.95 bits per heavy atom. The van der Waals surface area contributed by atoms with Crippen LogP contribution in [0.3, 0.4) is 0 Å². The number of hydrogen-bond donors (Lipinski definition) is 2. The highest BCUT2D eigenvalue weighted by molar-refractivity contribution is 14.0. The fourth-order valence-corrected chi connectivity index (χ4v) is 2.10. The number of halogens is 1. The van der Waals surface area contributed by atoms with E-state index in [1.54, 1.807) is 0 Å². The van der Waals surface area contributed by atoms with E-state index in [9.17, 15) is 0 Å². The molecule has 2 rings (SSSR count). The quantitative estimate of drug-likeness (QED) is 0.317. The summed E-state index contributed by atoms with van der Waals surface area (Å²) in [4.78, 5) is 4.36. The molecule has 0 unspecified atom stereocenters. The van der Waals surface area contributed by atoms with E-state index in [4.69, 9.17) is 10.5 Å². The minimum atomic E-state index is 0. The van der Waals surface area contributed by atoms with E-state index in [0.717, 1.165) is 31.7 Å². The molecule has 0 aliphatic heterocycles. The lowest BCUT2D eigenvalue weighted by molar-refractivity contribution is 0.145. The molecule has 120 valence electrons. The molecule has 0 bridgehead atoms. The van der Waals surface area contributed by atoms with Gasteiger partial charge in [-0.05, 0) is 35.7 Å². The van der Waals surface area contributed by atoms with E-state index in [0.29, 0.717) is 12.5 Å². The van der Waals surface area contributed by atoms with Crippen molar-refractivity contribution in [1.82, 2.24) is 5.32 Å². The number of nitrogens with one attached hydrogen (secondary N) is 1. The molecule has 0 aliphatic rings. The first-order chi connectivity index (χ1) is 10.3. The molecule has 3 N–H and O–H groups in total. The molecule has 2 aromatic rings. The van der Waals surface area contributed by atoms with Gasteiger partial charge in [-0.1, -0.05) is 36.4 Å². The minimum absolute atomic E-state index is 0. The monoisotopic (exact) mass is 413 g/mol. The molecule has 0 radical (unpaired) electrons. The van der Waals surface area contributed by atoms with Crippen molar-refractivity contribution >= 4 is 40.7 Å². The van der Waals surface area contributed by atoms with Gasteiger partial charge in [0.1, 0.15) is 0 Å². The maximum Gasteiger partial charge on any atom is 0.188 e. The molecule has 5 heteroatoms. The number of aliphatic imine (C=N–C) groups is 1. The van der Waals surface area contributed by atoms with Gasteiger partial charge >= 0.3 is 0 Å². The minimum Gasteiger partial charge on any atom is -0.382 e. The third-order valence-electron chi connectivity index (χ3n) is 3.22. The Hall–Kier alpha value is -1.34. The smallest absolute Gasteiger partial charge is 0.188 e. The van der Waals surface area contributed by atoms with E-state index in [2.05, 4.69) is 40.6 Å². The summed E-state index contributed by atoms with van der Waals surface area (Å²) < 4.78 is 5.26. The molecular weight excluding hydrogens is 389 g/mol. The van der Waals surface area contributed by atoms with Crippen LogP contribution in [0.4, 0.5) is 0 Å². The Kier molecular flexibility index (Phi) is 8.84. The first-order valence-electron chi connectivity index (χ1n) is 7.39. The molecule has 0 fully saturated rings. The van der Waals surface area contributed by atoms with Crippen LogP contribution < -0.4 is 11.1 Å². The second kappa shape index (κ2) is 10.4. The second-order valence-electron chi connectivity index (χ2n) is 4.86. The van der Waals surface area contributed by atoms with E-state index in [1.807, 2.05) is 19.1 Å². The molecule has 0 aliphatic carbocycles. The summed E-state index contributed by atoms with van der Waals surface area (Å²) in [5.74, 6) is 0.486. The number of hydrogen-bond acceptors (Lipinski definition) is 2. The summed E-state index contributed by atoms with van der Waals surface area (Å²) in [6, 6.07) is 14.7. The van der Waals surface area contributed by atoms with E-state index in [-0.39, 0.29) is 24.0 Å². The van der Waals surface area contributed by atoms with Crippen LogP contribution in [0.2, 0.25) is 0 Å². The Balaban J connectivity index is 0.00000242. The van der Waals surface area contributed by atoms with Gasteiger partial charge in [-0.15, -0.1) is 24.0 Å². The summed E-state index contributed by atoms with van der Waals surface area (Å²) in [5.41, 5.74) is 7.01. The number of nitrogens with two attached hydrogens (primary N) is 1. The molecule has 0 spiro atoms. The Labute approximate surface area is 149 Å². The molecule has 2 aromatic carbocycles. The Bertz CT molecular complexity index is 601. The van der Waals surface area contributed by atoms with Gasteiger partial charge in [0.15, 0.2) is 5.96 Å². The number of benzene rings is 2. The highest BCUT2D eigenvalue weighted by Crippen LogP contribution is 2.15. The van der Waals surface area contributed by atoms with Crippen LogP contribution in [0.1, 0.15) is 18.9 Å². The van der Waals surface area contributed by atoms with Gasteiger partial charge in [0.2, 0.25) is 0 Å². The van der Waals surface area contributed by atoms with Gasteiger partial charge in [-0.25, -0.2) is 4.99 Å². The van der Waals surface area contributed by atoms with E-state index >= 15 is 0 Å². The average molecular weight is 413 g/mol. The van der Waals surface area contributed by atoms with E-state index < -0.39 is 0 Å². The molecule has 0 heterocycles. The molecule has 22 heavy (non-hydrogen) atoms. The lowest BCUT2D eigenvalue weighted by Gasteiger charge is -2.06. The van der Waals surface area contributed by atoms with Gasteiger partial charge in [0, 0.05) is 19.8 Å². The van der Waals surface area contributed by atoms with Crippen molar-refractivity contribution in [1.29, 1.82) is 0 Å². The van der Waals surface area contributed by atoms with Crippen LogP contribution >= 0.6 is 24.0 Å². The molecule has 0 aromatic heterocycles. The zero-order chi connectivity index (χ0) is 14.9. The van der Waals surface area contributed by atoms with Crippen molar-refractivity contribution in [3.63, 3.8) is 0 Å². The topological polar surface area (TPSA) is 59.6 Å². The van der Waals surface area contributed by atoms with Crippen molar-refractivity contribution in [3.8, 4) is 0 Å². The number of guanidine groups is 1. The molecule has 0 atom stereocenters. The first kappa shape index (κ1) is 18.7. The highest BCUT2D eigenvalue weighted by Gasteiger charge is 1.96. The van der Waals surface area contributed by atoms with Gasteiger partial charge < -0.3 is 15.8 Å². The van der Waals surface area contributed by atoms with Gasteiger partial charge in [-0.3, -0.25) is 0 Å². The molecule has 0 saturated heterocycles. The third-order valence-corrected chi connectivity index (χ3v) is 3.22. The van der Waals surface area contributed by atoms with Crippen LogP contribution in [-0.2, 0) is 11.3 Å². The summed E-state index contributed by atoms with van der Waals surface area (Å²) in [6.45, 7) is 4.88. The zero-order valence-corrected chi connectivity index (χ0v) is 15.2. The summed E-state index contributed by atoms with van der Waals surface area (Å²) >= 11 is 0. The van der Waals surface area contributed by atoms with Crippen molar-refractivity contribution < 1.29 is 4.74 Å². The summed E-state index contributed by atoms with van der Waals surface area (Å²) in [7, 11) is 0. The molecular formula is C17H24IN3O. The summed E-state index contributed by atoms with van der Waals surface area (Å²) in [5, 5.41) is 5.57. The largest absolute Gasteiger partial charge is 0.382 e. The van der Waals surface area contributed by atoms with Gasteiger partial charge in [0.05, 0.1) is 6.54 Å². The van der Waals surface area contributed by atoms with Gasteiger partial charge in [-0.2, -0.15) is 0 Å². The van der Waals surface area contributed by atoms with Crippen LogP contribution in [0, 0.1) is 0 Å². The standard InChI is InChI=1S/C17H23N3O.HI/c1-2-21-11-5-10-19-17(18)20-13-14-8-9-15-6-3-4-7-16(15)12-14;/h3-4,6-9,12H,2,5,10-11,13H2,1H3,(H3,18,19,20);1H. The molecule has 4 nitrogen and oxygen atoms in total. The van der Waals surface area contributed by atoms with Crippen molar-refractivity contribution in [2.75, 3.05) is 19.8 Å². The Morgan fingerprint density at radius 1 is 1.18 bits per heavy atom. The number of ether oxygens (including phenoxy) is 1. The molecule has 0 amide bonds. The normalized spacial score (nSPS) is 11.2. The summed E-state index contributed by atoms with van der Waals surface area (Å²) in [6.07, 6.45) is 0.931. The second-order valence-corrected chi connectivity index (χ2v) is 4.86. The lowest BCUT2D eigenvalue weighted by Crippen LogP contribution is -2.32. The van der Waals surface area contributed by atoms with E-state index in [1.165, 1.54) is 10.8 Å². The van der Waals surface area contributed by atoms with Crippen LogP contribution in [0.15, 0.2) is 47.5 Å². The lowest BCUT2D eigenvalue weighted by atomic mass is 10.1. The Morgan fingerprint density at radius 3 is 2.73 bits per heavy atom. The molecule has 0 saturated carbocycles. The van der Waals surface area contributed by atoms with Crippen LogP contribution in [-0.4, -0.2) is 25.7 Å². The van der Waals surface area contributed by atoms with Crippen LogP contribution in [0.5, 0.6) is 0 Å². The predicted octanol–water partition coefficient (Wildman–Crippen LogP) is 3.29. The first-order valence-corrected chi connectivity index (χ1v) is 7.39. The van der Waals surface area contributed by atoms with Crippen molar-refractivity contribution in [2.45, 2.75) is 19.9 Å². The SMILES string of the molecule is CCOCCCNC(N)=NCc1ccc2ccccc2c1.I. The number of nitrogens with zero attached hydrogens (tertiary/aromatic N) is 1. The number of rotatable bonds is 7. The average Bonchev–Trinajstić information content (AvgIpc) is 2.52. The highest BCUT2D eigenvalue weighted by atomic mass is 127. The predicted molar refractivity (Wildman–Crippen MR) is 104 cm³/mol.